The first kappa shape index (κ1) is 20.4. The minimum atomic E-state index is -0.0825. The Kier molecular flexibility index (Phi) is 6.60. The molecule has 1 amide bonds. The second-order valence-corrected chi connectivity index (χ2v) is 9.21. The van der Waals surface area contributed by atoms with Gasteiger partial charge < -0.3 is 10.1 Å². The number of amides is 1. The lowest BCUT2D eigenvalue weighted by atomic mass is 9.89. The monoisotopic (exact) mass is 409 g/mol. The van der Waals surface area contributed by atoms with E-state index in [1.165, 1.54) is 22.2 Å². The van der Waals surface area contributed by atoms with E-state index in [-0.39, 0.29) is 23.3 Å². The number of hydrogen-bond donors (Lipinski definition) is 1. The molecule has 148 valence electrons. The molecule has 0 aromatic carbocycles. The minimum Gasteiger partial charge on any atom is -0.383 e. The molecular weight excluding hydrogens is 382 g/mol. The number of ether oxygens (including phenoxy) is 1. The molecular formula is C19H27N3O3S2. The van der Waals surface area contributed by atoms with Crippen molar-refractivity contribution in [3.8, 4) is 0 Å². The number of aryl methyl sites for hydroxylation is 1. The zero-order chi connectivity index (χ0) is 19.6. The number of thioether (sulfide) groups is 1. The van der Waals surface area contributed by atoms with Crippen LogP contribution in [0, 0.1) is 5.92 Å². The third kappa shape index (κ3) is 4.38. The predicted octanol–water partition coefficient (Wildman–Crippen LogP) is 2.85. The van der Waals surface area contributed by atoms with Crippen LogP contribution in [0.4, 0.5) is 0 Å². The van der Waals surface area contributed by atoms with Crippen LogP contribution in [0.15, 0.2) is 9.95 Å². The molecule has 1 aliphatic carbocycles. The molecule has 1 N–H and O–H groups in total. The van der Waals surface area contributed by atoms with Crippen LogP contribution in [0.5, 0.6) is 0 Å². The van der Waals surface area contributed by atoms with E-state index in [1.807, 2.05) is 13.8 Å². The van der Waals surface area contributed by atoms with Crippen LogP contribution in [0.2, 0.25) is 0 Å². The van der Waals surface area contributed by atoms with Gasteiger partial charge in [-0.2, -0.15) is 0 Å². The van der Waals surface area contributed by atoms with Crippen LogP contribution in [-0.4, -0.2) is 41.0 Å². The van der Waals surface area contributed by atoms with Crippen molar-refractivity contribution in [1.29, 1.82) is 0 Å². The summed E-state index contributed by atoms with van der Waals surface area (Å²) in [5.74, 6) is 0.806. The molecule has 8 heteroatoms. The fourth-order valence-electron chi connectivity index (χ4n) is 3.53. The van der Waals surface area contributed by atoms with Crippen LogP contribution in [0.3, 0.4) is 0 Å². The van der Waals surface area contributed by atoms with E-state index in [4.69, 9.17) is 9.72 Å². The summed E-state index contributed by atoms with van der Waals surface area (Å²) in [4.78, 5) is 32.1. The van der Waals surface area contributed by atoms with E-state index in [1.54, 1.807) is 23.0 Å². The SMILES string of the molecule is CCn1c(SCC(=O)NC(C)COC)nc2sc3c(c2c1=O)CCC(C)C3. The summed E-state index contributed by atoms with van der Waals surface area (Å²) in [6.45, 7) is 7.12. The van der Waals surface area contributed by atoms with E-state index in [0.29, 0.717) is 24.2 Å². The van der Waals surface area contributed by atoms with E-state index < -0.39 is 0 Å². The van der Waals surface area contributed by atoms with Gasteiger partial charge in [0.1, 0.15) is 4.83 Å². The molecule has 2 heterocycles. The van der Waals surface area contributed by atoms with Gasteiger partial charge in [-0.25, -0.2) is 4.98 Å². The van der Waals surface area contributed by atoms with Gasteiger partial charge in [-0.05, 0) is 44.6 Å². The number of fused-ring (bicyclic) bond motifs is 3. The maximum atomic E-state index is 13.1. The van der Waals surface area contributed by atoms with Crippen molar-refractivity contribution < 1.29 is 9.53 Å². The zero-order valence-electron chi connectivity index (χ0n) is 16.3. The van der Waals surface area contributed by atoms with E-state index in [0.717, 1.165) is 29.5 Å². The number of rotatable bonds is 7. The van der Waals surface area contributed by atoms with Gasteiger partial charge in [-0.1, -0.05) is 18.7 Å². The first-order chi connectivity index (χ1) is 12.9. The topological polar surface area (TPSA) is 73.2 Å². The number of aromatic nitrogens is 2. The molecule has 27 heavy (non-hydrogen) atoms. The fraction of sp³-hybridized carbons (Fsp3) is 0.632. The van der Waals surface area contributed by atoms with Gasteiger partial charge in [-0.3, -0.25) is 14.2 Å². The second kappa shape index (κ2) is 8.75. The van der Waals surface area contributed by atoms with Crippen molar-refractivity contribution in [1.82, 2.24) is 14.9 Å². The summed E-state index contributed by atoms with van der Waals surface area (Å²) in [5, 5.41) is 4.31. The van der Waals surface area contributed by atoms with Crippen molar-refractivity contribution in [2.24, 2.45) is 5.92 Å². The molecule has 0 aliphatic heterocycles. The third-order valence-electron chi connectivity index (χ3n) is 4.85. The molecule has 0 saturated carbocycles. The fourth-order valence-corrected chi connectivity index (χ4v) is 5.83. The lowest BCUT2D eigenvalue weighted by Gasteiger charge is -2.17. The lowest BCUT2D eigenvalue weighted by molar-refractivity contribution is -0.119. The van der Waals surface area contributed by atoms with Crippen molar-refractivity contribution in [2.75, 3.05) is 19.5 Å². The van der Waals surface area contributed by atoms with Gasteiger partial charge in [-0.15, -0.1) is 11.3 Å². The smallest absolute Gasteiger partial charge is 0.263 e. The van der Waals surface area contributed by atoms with Gasteiger partial charge in [0.15, 0.2) is 5.16 Å². The Hall–Kier alpha value is -1.38. The molecule has 0 spiro atoms. The predicted molar refractivity (Wildman–Crippen MR) is 111 cm³/mol. The number of nitrogens with zero attached hydrogens (tertiary/aromatic N) is 2. The molecule has 6 nitrogen and oxygen atoms in total. The highest BCUT2D eigenvalue weighted by Crippen LogP contribution is 2.36. The number of methoxy groups -OCH3 is 1. The minimum absolute atomic E-state index is 0.0326. The Morgan fingerprint density at radius 2 is 2.30 bits per heavy atom. The van der Waals surface area contributed by atoms with Gasteiger partial charge in [0.05, 0.1) is 17.7 Å². The Labute approximate surface area is 167 Å². The third-order valence-corrected chi connectivity index (χ3v) is 6.98. The lowest BCUT2D eigenvalue weighted by Crippen LogP contribution is -2.36. The molecule has 0 saturated heterocycles. The number of nitrogens with one attached hydrogen (secondary N) is 1. The normalized spacial score (nSPS) is 17.7. The molecule has 2 aromatic heterocycles. The summed E-state index contributed by atoms with van der Waals surface area (Å²) in [6, 6.07) is -0.0436. The van der Waals surface area contributed by atoms with E-state index >= 15 is 0 Å². The van der Waals surface area contributed by atoms with Crippen LogP contribution in [0.1, 0.15) is 37.6 Å². The molecule has 0 bridgehead atoms. The molecule has 3 rings (SSSR count). The van der Waals surface area contributed by atoms with E-state index in [2.05, 4.69) is 12.2 Å². The van der Waals surface area contributed by atoms with Crippen LogP contribution < -0.4 is 10.9 Å². The number of thiophene rings is 1. The van der Waals surface area contributed by atoms with Crippen LogP contribution in [0.25, 0.3) is 10.2 Å². The summed E-state index contributed by atoms with van der Waals surface area (Å²) in [6.07, 6.45) is 3.12. The summed E-state index contributed by atoms with van der Waals surface area (Å²) in [7, 11) is 1.61. The Morgan fingerprint density at radius 1 is 1.52 bits per heavy atom. The average molecular weight is 410 g/mol. The standard InChI is InChI=1S/C19H27N3O3S2/c1-5-22-18(24)16-13-7-6-11(2)8-14(13)27-17(16)21-19(22)26-10-15(23)20-12(3)9-25-4/h11-12H,5-10H2,1-4H3,(H,20,23). The molecule has 2 aromatic rings. The highest BCUT2D eigenvalue weighted by molar-refractivity contribution is 7.99. The zero-order valence-corrected chi connectivity index (χ0v) is 18.0. The number of carbonyl (C=O) groups excluding carboxylic acids is 1. The molecule has 0 radical (unpaired) electrons. The first-order valence-corrected chi connectivity index (χ1v) is 11.2. The van der Waals surface area contributed by atoms with Gasteiger partial charge >= 0.3 is 0 Å². The maximum Gasteiger partial charge on any atom is 0.263 e. The largest absolute Gasteiger partial charge is 0.383 e. The molecule has 1 aliphatic rings. The maximum absolute atomic E-state index is 13.1. The molecule has 0 fully saturated rings. The molecule has 2 atom stereocenters. The Balaban J connectivity index is 1.85. The van der Waals surface area contributed by atoms with Crippen LogP contribution in [-0.2, 0) is 28.9 Å². The highest BCUT2D eigenvalue weighted by Gasteiger charge is 2.24. The summed E-state index contributed by atoms with van der Waals surface area (Å²) in [5.41, 5.74) is 1.24. The average Bonchev–Trinajstić information content (AvgIpc) is 2.97. The Bertz CT molecular complexity index is 890. The second-order valence-electron chi connectivity index (χ2n) is 7.19. The van der Waals surface area contributed by atoms with Crippen molar-refractivity contribution >= 4 is 39.2 Å². The number of carbonyl (C=O) groups is 1. The van der Waals surface area contributed by atoms with E-state index in [9.17, 15) is 9.59 Å². The highest BCUT2D eigenvalue weighted by atomic mass is 32.2. The van der Waals surface area contributed by atoms with Crippen molar-refractivity contribution in [3.63, 3.8) is 0 Å². The Morgan fingerprint density at radius 3 is 3.00 bits per heavy atom. The first-order valence-electron chi connectivity index (χ1n) is 9.40. The number of hydrogen-bond acceptors (Lipinski definition) is 6. The van der Waals surface area contributed by atoms with Crippen LogP contribution >= 0.6 is 23.1 Å². The quantitative estimate of drug-likeness (QED) is 0.562. The summed E-state index contributed by atoms with van der Waals surface area (Å²) < 4.78 is 6.74. The van der Waals surface area contributed by atoms with Gasteiger partial charge in [0, 0.05) is 24.6 Å². The summed E-state index contributed by atoms with van der Waals surface area (Å²) >= 11 is 2.97. The van der Waals surface area contributed by atoms with Crippen molar-refractivity contribution in [3.05, 3.63) is 20.8 Å². The van der Waals surface area contributed by atoms with Gasteiger partial charge in [0.2, 0.25) is 5.91 Å². The van der Waals surface area contributed by atoms with Crippen molar-refractivity contribution in [2.45, 2.75) is 57.8 Å². The molecule has 2 unspecified atom stereocenters. The van der Waals surface area contributed by atoms with Gasteiger partial charge in [0.25, 0.3) is 5.56 Å².